The number of carbonyl (C=O) groups excluding carboxylic acids is 5. The molecule has 2 aliphatic heterocycles. The molecule has 11 nitrogen and oxygen atoms in total. The fourth-order valence-electron chi connectivity index (χ4n) is 7.71. The highest BCUT2D eigenvalue weighted by Gasteiger charge is 2.77. The maximum absolute atomic E-state index is 13.1. The number of esters is 5. The summed E-state index contributed by atoms with van der Waals surface area (Å²) < 4.78 is 35.2. The Morgan fingerprint density at radius 1 is 1.10 bits per heavy atom. The van der Waals surface area contributed by atoms with Crippen LogP contribution < -0.4 is 0 Å². The average Bonchev–Trinajstić information content (AvgIpc) is 3.56. The van der Waals surface area contributed by atoms with Gasteiger partial charge in [-0.3, -0.25) is 19.2 Å². The van der Waals surface area contributed by atoms with Crippen molar-refractivity contribution < 1.29 is 52.4 Å². The van der Waals surface area contributed by atoms with Crippen LogP contribution in [-0.4, -0.2) is 73.6 Å². The van der Waals surface area contributed by atoms with Gasteiger partial charge in [-0.15, -0.1) is 0 Å². The van der Waals surface area contributed by atoms with Crippen molar-refractivity contribution in [3.63, 3.8) is 0 Å². The molecule has 0 bridgehead atoms. The molecule has 9 atom stereocenters. The molecule has 0 aromatic rings. The zero-order valence-corrected chi connectivity index (χ0v) is 25.7. The molecule has 1 spiro atoms. The summed E-state index contributed by atoms with van der Waals surface area (Å²) in [7, 11) is 0. The molecule has 0 N–H and O–H groups in total. The van der Waals surface area contributed by atoms with Gasteiger partial charge in [-0.2, -0.15) is 0 Å². The maximum Gasteiger partial charge on any atom is 0.331 e. The topological polar surface area (TPSA) is 144 Å². The second kappa shape index (κ2) is 12.0. The molecule has 1 saturated heterocycles. The van der Waals surface area contributed by atoms with Crippen LogP contribution in [0.4, 0.5) is 0 Å². The highest BCUT2D eigenvalue weighted by Crippen LogP contribution is 2.69. The van der Waals surface area contributed by atoms with Crippen LogP contribution in [0.15, 0.2) is 11.6 Å². The molecule has 0 aromatic heterocycles. The molecule has 0 unspecified atom stereocenters. The van der Waals surface area contributed by atoms with Crippen LogP contribution in [0, 0.1) is 28.6 Å². The van der Waals surface area contributed by atoms with E-state index in [0.717, 1.165) is 0 Å². The van der Waals surface area contributed by atoms with Gasteiger partial charge in [-0.25, -0.2) is 4.79 Å². The number of rotatable bonds is 10. The summed E-state index contributed by atoms with van der Waals surface area (Å²) in [5.41, 5.74) is -2.00. The first-order valence-electron chi connectivity index (χ1n) is 14.9. The average molecular weight is 593 g/mol. The van der Waals surface area contributed by atoms with Gasteiger partial charge >= 0.3 is 29.8 Å². The SMILES string of the molecule is CC[C@@H](C)C(=O)O[C@@H](C[C@]1(C)[C@@H](C)C[C@H](OC(C)=O)[C@]2(COC(C)=O)[C@H]1[C@H](OC(C)=O)CC[C@]21CO1)C1=CC(=O)OC1. The quantitative estimate of drug-likeness (QED) is 0.209. The van der Waals surface area contributed by atoms with Crippen LogP contribution >= 0.6 is 0 Å². The predicted molar refractivity (Wildman–Crippen MR) is 146 cm³/mol. The predicted octanol–water partition coefficient (Wildman–Crippen LogP) is 3.46. The van der Waals surface area contributed by atoms with E-state index in [9.17, 15) is 24.0 Å². The van der Waals surface area contributed by atoms with Crippen molar-refractivity contribution in [3.8, 4) is 0 Å². The molecule has 234 valence electrons. The summed E-state index contributed by atoms with van der Waals surface area (Å²) in [5.74, 6) is -3.36. The van der Waals surface area contributed by atoms with Gasteiger partial charge in [-0.1, -0.05) is 27.7 Å². The highest BCUT2D eigenvalue weighted by atomic mass is 16.6. The molecular weight excluding hydrogens is 548 g/mol. The molecular formula is C31H44O11. The number of fused-ring (bicyclic) bond motifs is 2. The van der Waals surface area contributed by atoms with E-state index in [0.29, 0.717) is 37.9 Å². The lowest BCUT2D eigenvalue weighted by molar-refractivity contribution is -0.259. The Morgan fingerprint density at radius 3 is 2.29 bits per heavy atom. The van der Waals surface area contributed by atoms with Gasteiger partial charge in [0.25, 0.3) is 0 Å². The fraction of sp³-hybridized carbons (Fsp3) is 0.774. The zero-order valence-electron chi connectivity index (χ0n) is 25.7. The third-order valence-corrected chi connectivity index (χ3v) is 10.2. The van der Waals surface area contributed by atoms with Gasteiger partial charge in [0.15, 0.2) is 0 Å². The lowest BCUT2D eigenvalue weighted by atomic mass is 9.42. The van der Waals surface area contributed by atoms with E-state index in [1.807, 2.05) is 13.8 Å². The lowest BCUT2D eigenvalue weighted by Crippen LogP contribution is -2.71. The normalized spacial score (nSPS) is 36.5. The Bertz CT molecular complexity index is 1140. The summed E-state index contributed by atoms with van der Waals surface area (Å²) in [6.45, 7) is 12.0. The molecule has 3 fully saturated rings. The van der Waals surface area contributed by atoms with Crippen molar-refractivity contribution >= 4 is 29.8 Å². The fourth-order valence-corrected chi connectivity index (χ4v) is 7.71. The number of cyclic esters (lactones) is 1. The van der Waals surface area contributed by atoms with Gasteiger partial charge in [-0.05, 0) is 43.4 Å². The number of epoxide rings is 1. The lowest BCUT2D eigenvalue weighted by Gasteiger charge is -2.64. The van der Waals surface area contributed by atoms with Crippen molar-refractivity contribution in [2.24, 2.45) is 28.6 Å². The van der Waals surface area contributed by atoms with Crippen LogP contribution in [0.5, 0.6) is 0 Å². The molecule has 2 saturated carbocycles. The van der Waals surface area contributed by atoms with Crippen molar-refractivity contribution in [3.05, 3.63) is 11.6 Å². The highest BCUT2D eigenvalue weighted by molar-refractivity contribution is 5.85. The van der Waals surface area contributed by atoms with Gasteiger partial charge in [0.1, 0.15) is 37.1 Å². The minimum atomic E-state index is -1.05. The third-order valence-electron chi connectivity index (χ3n) is 10.2. The first kappa shape index (κ1) is 32.0. The monoisotopic (exact) mass is 592 g/mol. The molecule has 2 heterocycles. The number of hydrogen-bond donors (Lipinski definition) is 0. The van der Waals surface area contributed by atoms with Crippen molar-refractivity contribution in [1.82, 2.24) is 0 Å². The minimum absolute atomic E-state index is 0.00149. The van der Waals surface area contributed by atoms with Crippen molar-refractivity contribution in [2.75, 3.05) is 19.8 Å². The van der Waals surface area contributed by atoms with Crippen LogP contribution in [0.2, 0.25) is 0 Å². The van der Waals surface area contributed by atoms with E-state index < -0.39 is 64.5 Å². The summed E-state index contributed by atoms with van der Waals surface area (Å²) >= 11 is 0. The first-order valence-corrected chi connectivity index (χ1v) is 14.9. The van der Waals surface area contributed by atoms with Crippen LogP contribution in [0.3, 0.4) is 0 Å². The largest absolute Gasteiger partial charge is 0.465 e. The Kier molecular flexibility index (Phi) is 9.11. The third kappa shape index (κ3) is 5.81. The number of hydrogen-bond acceptors (Lipinski definition) is 11. The second-order valence-electron chi connectivity index (χ2n) is 12.8. The van der Waals surface area contributed by atoms with Crippen LogP contribution in [0.25, 0.3) is 0 Å². The van der Waals surface area contributed by atoms with Crippen LogP contribution in [0.1, 0.15) is 80.6 Å². The Labute approximate surface area is 246 Å². The van der Waals surface area contributed by atoms with Crippen molar-refractivity contribution in [1.29, 1.82) is 0 Å². The summed E-state index contributed by atoms with van der Waals surface area (Å²) in [6.07, 6.45) is 1.53. The van der Waals surface area contributed by atoms with Gasteiger partial charge < -0.3 is 28.4 Å². The van der Waals surface area contributed by atoms with E-state index in [2.05, 4.69) is 6.92 Å². The standard InChI is InChI=1S/C31H44O11/c1-8-17(2)28(36)42-24(22-12-26(35)37-14-22)13-29(7)18(3)11-25(41-21(6)34)31(16-38-19(4)32)27(29)23(40-20(5)33)9-10-30(31)15-39-30/h12,17-18,23-25,27H,8-11,13-16H2,1-7H3/t17-,18+,23-,24+,25+,27+,29-,30+,31-/m1/s1. The number of ether oxygens (including phenoxy) is 6. The van der Waals surface area contributed by atoms with Gasteiger partial charge in [0.05, 0.1) is 17.9 Å². The summed E-state index contributed by atoms with van der Waals surface area (Å²) in [6, 6.07) is 0. The first-order chi connectivity index (χ1) is 19.7. The minimum Gasteiger partial charge on any atom is -0.465 e. The molecule has 2 aliphatic carbocycles. The molecule has 42 heavy (non-hydrogen) atoms. The molecule has 4 rings (SSSR count). The summed E-state index contributed by atoms with van der Waals surface area (Å²) in [5, 5.41) is 0. The van der Waals surface area contributed by atoms with E-state index in [1.165, 1.54) is 26.8 Å². The molecule has 0 aromatic carbocycles. The molecule has 4 aliphatic rings. The van der Waals surface area contributed by atoms with Gasteiger partial charge in [0, 0.05) is 38.3 Å². The Hall–Kier alpha value is -2.95. The maximum atomic E-state index is 13.1. The number of carbonyl (C=O) groups is 5. The van der Waals surface area contributed by atoms with E-state index >= 15 is 0 Å². The smallest absolute Gasteiger partial charge is 0.331 e. The van der Waals surface area contributed by atoms with E-state index in [1.54, 1.807) is 6.92 Å². The molecule has 0 radical (unpaired) electrons. The van der Waals surface area contributed by atoms with E-state index in [-0.39, 0.29) is 37.4 Å². The van der Waals surface area contributed by atoms with E-state index in [4.69, 9.17) is 28.4 Å². The Morgan fingerprint density at radius 2 is 1.76 bits per heavy atom. The zero-order chi connectivity index (χ0) is 31.0. The Balaban J connectivity index is 1.87. The van der Waals surface area contributed by atoms with Crippen molar-refractivity contribution in [2.45, 2.75) is 104 Å². The molecule has 0 amide bonds. The second-order valence-corrected chi connectivity index (χ2v) is 12.8. The molecule has 11 heteroatoms. The van der Waals surface area contributed by atoms with Crippen LogP contribution in [-0.2, 0) is 52.4 Å². The summed E-state index contributed by atoms with van der Waals surface area (Å²) in [4.78, 5) is 62.3. The van der Waals surface area contributed by atoms with Gasteiger partial charge in [0.2, 0.25) is 0 Å².